The van der Waals surface area contributed by atoms with Crippen molar-refractivity contribution in [2.24, 2.45) is 0 Å². The molecule has 1 saturated heterocycles. The van der Waals surface area contributed by atoms with Crippen LogP contribution in [0, 0.1) is 0 Å². The molecule has 0 aromatic rings. The van der Waals surface area contributed by atoms with E-state index in [2.05, 4.69) is 5.32 Å². The minimum atomic E-state index is -4.35. The Labute approximate surface area is 98.5 Å². The van der Waals surface area contributed by atoms with Crippen LogP contribution < -0.4 is 10.6 Å². The van der Waals surface area contributed by atoms with Gasteiger partial charge in [0, 0.05) is 19.1 Å². The van der Waals surface area contributed by atoms with Crippen LogP contribution in [0.3, 0.4) is 0 Å². The number of carbonyl (C=O) groups excluding carboxylic acids is 1. The zero-order valence-corrected chi connectivity index (χ0v) is 9.81. The van der Waals surface area contributed by atoms with Crippen molar-refractivity contribution < 1.29 is 18.0 Å². The van der Waals surface area contributed by atoms with Crippen molar-refractivity contribution in [1.29, 1.82) is 0 Å². The number of carbonyl (C=O) groups is 1. The average molecular weight is 253 g/mol. The van der Waals surface area contributed by atoms with E-state index < -0.39 is 18.8 Å². The van der Waals surface area contributed by atoms with E-state index in [1.165, 1.54) is 4.90 Å². The molecule has 1 heterocycles. The molecule has 1 aliphatic heterocycles. The van der Waals surface area contributed by atoms with Crippen LogP contribution in [0.5, 0.6) is 0 Å². The van der Waals surface area contributed by atoms with Crippen molar-refractivity contribution >= 4 is 6.03 Å². The summed E-state index contributed by atoms with van der Waals surface area (Å²) >= 11 is 0. The highest BCUT2D eigenvalue weighted by atomic mass is 19.4. The normalized spacial score (nSPS) is 18.2. The first kappa shape index (κ1) is 14.1. The Bertz CT molecular complexity index is 250. The van der Waals surface area contributed by atoms with Crippen LogP contribution >= 0.6 is 0 Å². The number of hydrogen-bond donors (Lipinski definition) is 2. The molecular weight excluding hydrogens is 235 g/mol. The van der Waals surface area contributed by atoms with Gasteiger partial charge in [-0.05, 0) is 19.4 Å². The second-order valence-electron chi connectivity index (χ2n) is 4.09. The molecule has 1 aliphatic rings. The summed E-state index contributed by atoms with van der Waals surface area (Å²) in [5.74, 6) is 0. The highest BCUT2D eigenvalue weighted by molar-refractivity contribution is 5.74. The minimum absolute atomic E-state index is 0.367. The summed E-state index contributed by atoms with van der Waals surface area (Å²) in [6, 6.07) is -0.260. The van der Waals surface area contributed by atoms with Gasteiger partial charge < -0.3 is 15.5 Å². The molecule has 0 atom stereocenters. The van der Waals surface area contributed by atoms with Gasteiger partial charge in [-0.1, -0.05) is 6.92 Å². The van der Waals surface area contributed by atoms with Gasteiger partial charge in [0.2, 0.25) is 0 Å². The zero-order chi connectivity index (χ0) is 12.9. The maximum absolute atomic E-state index is 11.9. The number of piperidine rings is 1. The van der Waals surface area contributed by atoms with Crippen LogP contribution in [0.15, 0.2) is 0 Å². The lowest BCUT2D eigenvalue weighted by Gasteiger charge is -2.32. The fourth-order valence-electron chi connectivity index (χ4n) is 1.86. The zero-order valence-electron chi connectivity index (χ0n) is 9.81. The smallest absolute Gasteiger partial charge is 0.329 e. The van der Waals surface area contributed by atoms with E-state index in [4.69, 9.17) is 0 Å². The van der Waals surface area contributed by atoms with E-state index in [1.54, 1.807) is 0 Å². The van der Waals surface area contributed by atoms with Gasteiger partial charge in [-0.25, -0.2) is 4.79 Å². The van der Waals surface area contributed by atoms with E-state index in [1.807, 2.05) is 12.2 Å². The van der Waals surface area contributed by atoms with E-state index in [9.17, 15) is 18.0 Å². The van der Waals surface area contributed by atoms with E-state index >= 15 is 0 Å². The molecule has 2 N–H and O–H groups in total. The summed E-state index contributed by atoms with van der Waals surface area (Å²) in [4.78, 5) is 12.8. The molecule has 0 aromatic carbocycles. The van der Waals surface area contributed by atoms with Crippen LogP contribution in [0.1, 0.15) is 19.8 Å². The number of amides is 2. The number of nitrogens with zero attached hydrogens (tertiary/aromatic N) is 1. The fraction of sp³-hybridized carbons (Fsp3) is 0.900. The molecule has 2 amide bonds. The number of hydrogen-bond acceptors (Lipinski definition) is 2. The number of halogens is 3. The minimum Gasteiger partial charge on any atom is -0.329 e. The first-order valence-corrected chi connectivity index (χ1v) is 5.75. The molecule has 0 unspecified atom stereocenters. The van der Waals surface area contributed by atoms with Gasteiger partial charge in [-0.15, -0.1) is 0 Å². The topological polar surface area (TPSA) is 44.4 Å². The van der Waals surface area contributed by atoms with Crippen LogP contribution in [0.2, 0.25) is 0 Å². The van der Waals surface area contributed by atoms with Gasteiger partial charge in [-0.3, -0.25) is 0 Å². The Morgan fingerprint density at radius 2 is 1.94 bits per heavy atom. The average Bonchev–Trinajstić information content (AvgIpc) is 2.26. The van der Waals surface area contributed by atoms with Crippen LogP contribution in [0.4, 0.5) is 18.0 Å². The summed E-state index contributed by atoms with van der Waals surface area (Å²) in [6.45, 7) is 2.61. The molecule has 0 bridgehead atoms. The van der Waals surface area contributed by atoms with E-state index in [0.29, 0.717) is 19.1 Å². The maximum atomic E-state index is 11.9. The standard InChI is InChI=1S/C10H18F3N3O/c1-2-14-8-3-5-16(6-4-8)9(17)15-7-10(11,12)13/h8,14H,2-7H2,1H3,(H,15,17). The highest BCUT2D eigenvalue weighted by Gasteiger charge is 2.29. The first-order valence-electron chi connectivity index (χ1n) is 5.75. The third-order valence-corrected chi connectivity index (χ3v) is 2.72. The molecule has 4 nitrogen and oxygen atoms in total. The van der Waals surface area contributed by atoms with Gasteiger partial charge in [-0.2, -0.15) is 13.2 Å². The van der Waals surface area contributed by atoms with Crippen molar-refractivity contribution in [1.82, 2.24) is 15.5 Å². The quantitative estimate of drug-likeness (QED) is 0.797. The first-order chi connectivity index (χ1) is 7.92. The predicted octanol–water partition coefficient (Wildman–Crippen LogP) is 1.33. The SMILES string of the molecule is CCNC1CCN(C(=O)NCC(F)(F)F)CC1. The predicted molar refractivity (Wildman–Crippen MR) is 57.7 cm³/mol. The monoisotopic (exact) mass is 253 g/mol. The van der Waals surface area contributed by atoms with E-state index in [0.717, 1.165) is 19.4 Å². The molecule has 0 aromatic heterocycles. The summed E-state index contributed by atoms with van der Waals surface area (Å²) in [6.07, 6.45) is -2.78. The third-order valence-electron chi connectivity index (χ3n) is 2.72. The molecule has 0 saturated carbocycles. The van der Waals surface area contributed by atoms with Crippen molar-refractivity contribution in [3.05, 3.63) is 0 Å². The number of urea groups is 1. The number of likely N-dealkylation sites (tertiary alicyclic amines) is 1. The lowest BCUT2D eigenvalue weighted by molar-refractivity contribution is -0.123. The molecule has 7 heteroatoms. The van der Waals surface area contributed by atoms with Crippen LogP contribution in [-0.2, 0) is 0 Å². The second kappa shape index (κ2) is 6.09. The van der Waals surface area contributed by atoms with Gasteiger partial charge in [0.25, 0.3) is 0 Å². The third kappa shape index (κ3) is 5.25. The summed E-state index contributed by atoms with van der Waals surface area (Å²) in [7, 11) is 0. The van der Waals surface area contributed by atoms with Crippen molar-refractivity contribution in [2.75, 3.05) is 26.2 Å². The van der Waals surface area contributed by atoms with Gasteiger partial charge in [0.1, 0.15) is 6.54 Å². The lowest BCUT2D eigenvalue weighted by atomic mass is 10.1. The van der Waals surface area contributed by atoms with Crippen LogP contribution in [0.25, 0.3) is 0 Å². The Balaban J connectivity index is 2.26. The van der Waals surface area contributed by atoms with Crippen molar-refractivity contribution in [3.63, 3.8) is 0 Å². The summed E-state index contributed by atoms with van der Waals surface area (Å²) in [5.41, 5.74) is 0. The van der Waals surface area contributed by atoms with Crippen molar-refractivity contribution in [2.45, 2.75) is 32.0 Å². The Hall–Kier alpha value is -0.980. The Morgan fingerprint density at radius 1 is 1.35 bits per heavy atom. The summed E-state index contributed by atoms with van der Waals surface area (Å²) < 4.78 is 35.7. The highest BCUT2D eigenvalue weighted by Crippen LogP contribution is 2.14. The Morgan fingerprint density at radius 3 is 2.41 bits per heavy atom. The lowest BCUT2D eigenvalue weighted by Crippen LogP contribution is -2.49. The largest absolute Gasteiger partial charge is 0.405 e. The number of rotatable bonds is 3. The molecule has 0 aliphatic carbocycles. The van der Waals surface area contributed by atoms with Crippen molar-refractivity contribution in [3.8, 4) is 0 Å². The van der Waals surface area contributed by atoms with Gasteiger partial charge in [0.05, 0.1) is 0 Å². The number of alkyl halides is 3. The molecule has 1 fully saturated rings. The van der Waals surface area contributed by atoms with Gasteiger partial charge in [0.15, 0.2) is 0 Å². The Kier molecular flexibility index (Phi) is 5.04. The molecular formula is C10H18F3N3O. The maximum Gasteiger partial charge on any atom is 0.405 e. The molecule has 100 valence electrons. The van der Waals surface area contributed by atoms with Gasteiger partial charge >= 0.3 is 12.2 Å². The van der Waals surface area contributed by atoms with Crippen LogP contribution in [-0.4, -0.2) is 49.3 Å². The molecule has 0 radical (unpaired) electrons. The van der Waals surface area contributed by atoms with E-state index in [-0.39, 0.29) is 0 Å². The molecule has 1 rings (SSSR count). The number of nitrogens with one attached hydrogen (secondary N) is 2. The fourth-order valence-corrected chi connectivity index (χ4v) is 1.86. The molecule has 17 heavy (non-hydrogen) atoms. The summed E-state index contributed by atoms with van der Waals surface area (Å²) in [5, 5.41) is 5.14. The molecule has 0 spiro atoms. The second-order valence-corrected chi connectivity index (χ2v) is 4.09.